The van der Waals surface area contributed by atoms with Gasteiger partial charge in [0, 0.05) is 6.04 Å². The zero-order chi connectivity index (χ0) is 20.4. The fourth-order valence-electron chi connectivity index (χ4n) is 2.75. The van der Waals surface area contributed by atoms with Crippen molar-refractivity contribution < 1.29 is 18.7 Å². The summed E-state index contributed by atoms with van der Waals surface area (Å²) in [7, 11) is 0. The lowest BCUT2D eigenvalue weighted by Gasteiger charge is -2.16. The largest absolute Gasteiger partial charge is 0.483 e. The first kappa shape index (κ1) is 21.4. The topological polar surface area (TPSA) is 67.4 Å². The molecule has 6 heteroatoms. The van der Waals surface area contributed by atoms with Gasteiger partial charge in [-0.1, -0.05) is 50.5 Å². The highest BCUT2D eigenvalue weighted by atomic mass is 19.1. The lowest BCUT2D eigenvalue weighted by Crippen LogP contribution is -2.33. The monoisotopic (exact) mass is 386 g/mol. The number of ether oxygens (including phenoxy) is 1. The Labute approximate surface area is 165 Å². The van der Waals surface area contributed by atoms with Crippen LogP contribution >= 0.6 is 0 Å². The van der Waals surface area contributed by atoms with Crippen molar-refractivity contribution in [3.05, 3.63) is 59.9 Å². The molecule has 2 aromatic carbocycles. The number of amides is 2. The number of hydrogen-bond donors (Lipinski definition) is 2. The lowest BCUT2D eigenvalue weighted by atomic mass is 10.1. The molecule has 0 saturated heterocycles. The molecule has 5 nitrogen and oxygen atoms in total. The van der Waals surface area contributed by atoms with Crippen LogP contribution in [0.15, 0.2) is 48.5 Å². The van der Waals surface area contributed by atoms with E-state index in [2.05, 4.69) is 17.6 Å². The number of para-hydroxylation sites is 2. The number of unbranched alkanes of at least 4 members (excludes halogenated alkanes) is 2. The van der Waals surface area contributed by atoms with E-state index in [9.17, 15) is 14.0 Å². The average Bonchev–Trinajstić information content (AvgIpc) is 2.68. The molecule has 2 rings (SSSR count). The van der Waals surface area contributed by atoms with Crippen LogP contribution in [0.2, 0.25) is 0 Å². The second-order valence-electron chi connectivity index (χ2n) is 6.68. The third kappa shape index (κ3) is 6.68. The molecule has 0 aliphatic carbocycles. The van der Waals surface area contributed by atoms with Gasteiger partial charge < -0.3 is 15.4 Å². The number of carbonyl (C=O) groups excluding carboxylic acids is 2. The van der Waals surface area contributed by atoms with Crippen LogP contribution in [0, 0.1) is 5.82 Å². The number of carbonyl (C=O) groups is 2. The number of halogens is 1. The van der Waals surface area contributed by atoms with Crippen molar-refractivity contribution in [1.29, 1.82) is 0 Å². The molecule has 0 aliphatic heterocycles. The fraction of sp³-hybridized carbons (Fsp3) is 0.364. The molecule has 1 atom stereocenters. The molecule has 0 aromatic heterocycles. The molecule has 0 bridgehead atoms. The summed E-state index contributed by atoms with van der Waals surface area (Å²) >= 11 is 0. The van der Waals surface area contributed by atoms with Gasteiger partial charge in [0.15, 0.2) is 6.61 Å². The Morgan fingerprint density at radius 3 is 2.54 bits per heavy atom. The summed E-state index contributed by atoms with van der Waals surface area (Å²) in [5.41, 5.74) is 0.451. The number of anilines is 1. The van der Waals surface area contributed by atoms with E-state index in [-0.39, 0.29) is 24.2 Å². The van der Waals surface area contributed by atoms with E-state index in [1.807, 2.05) is 6.92 Å². The van der Waals surface area contributed by atoms with Crippen molar-refractivity contribution in [2.75, 3.05) is 11.9 Å². The molecule has 0 radical (unpaired) electrons. The Hall–Kier alpha value is -2.89. The average molecular weight is 386 g/mol. The van der Waals surface area contributed by atoms with Gasteiger partial charge in [0.25, 0.3) is 11.8 Å². The van der Waals surface area contributed by atoms with Crippen LogP contribution in [0.4, 0.5) is 10.1 Å². The first-order valence-corrected chi connectivity index (χ1v) is 9.58. The molecule has 0 saturated carbocycles. The molecule has 2 N–H and O–H groups in total. The van der Waals surface area contributed by atoms with Crippen LogP contribution in [0.25, 0.3) is 0 Å². The van der Waals surface area contributed by atoms with E-state index in [1.54, 1.807) is 36.4 Å². The molecule has 0 fully saturated rings. The molecule has 0 aliphatic rings. The second kappa shape index (κ2) is 11.1. The zero-order valence-electron chi connectivity index (χ0n) is 16.3. The summed E-state index contributed by atoms with van der Waals surface area (Å²) < 4.78 is 19.1. The van der Waals surface area contributed by atoms with Crippen molar-refractivity contribution in [1.82, 2.24) is 5.32 Å². The highest BCUT2D eigenvalue weighted by Crippen LogP contribution is 2.19. The Morgan fingerprint density at radius 2 is 1.79 bits per heavy atom. The van der Waals surface area contributed by atoms with Gasteiger partial charge in [-0.05, 0) is 37.6 Å². The third-order valence-corrected chi connectivity index (χ3v) is 4.26. The molecule has 28 heavy (non-hydrogen) atoms. The standard InChI is InChI=1S/C22H27FN2O3/c1-3-4-5-10-16(2)24-22(27)17-11-6-9-14-20(17)28-15-21(26)25-19-13-8-7-12-18(19)23/h6-9,11-14,16H,3-5,10,15H2,1-2H3,(H,24,27)(H,25,26). The van der Waals surface area contributed by atoms with Crippen molar-refractivity contribution in [3.63, 3.8) is 0 Å². The van der Waals surface area contributed by atoms with Crippen molar-refractivity contribution in [3.8, 4) is 5.75 Å². The minimum Gasteiger partial charge on any atom is -0.483 e. The minimum absolute atomic E-state index is 0.0523. The van der Waals surface area contributed by atoms with Crippen molar-refractivity contribution >= 4 is 17.5 Å². The zero-order valence-corrected chi connectivity index (χ0v) is 16.3. The summed E-state index contributed by atoms with van der Waals surface area (Å²) in [6.07, 6.45) is 4.24. The van der Waals surface area contributed by atoms with Gasteiger partial charge in [-0.15, -0.1) is 0 Å². The second-order valence-corrected chi connectivity index (χ2v) is 6.68. The molecular formula is C22H27FN2O3. The molecule has 150 valence electrons. The van der Waals surface area contributed by atoms with Crippen LogP contribution in [0.5, 0.6) is 5.75 Å². The summed E-state index contributed by atoms with van der Waals surface area (Å²) in [5, 5.41) is 5.41. The van der Waals surface area contributed by atoms with Crippen LogP contribution in [0.3, 0.4) is 0 Å². The van der Waals surface area contributed by atoms with Gasteiger partial charge in [-0.25, -0.2) is 4.39 Å². The van der Waals surface area contributed by atoms with Crippen LogP contribution in [-0.2, 0) is 4.79 Å². The quantitative estimate of drug-likeness (QED) is 0.589. The first-order valence-electron chi connectivity index (χ1n) is 9.58. The van der Waals surface area contributed by atoms with Gasteiger partial charge in [0.2, 0.25) is 0 Å². The SMILES string of the molecule is CCCCCC(C)NC(=O)c1ccccc1OCC(=O)Nc1ccccc1F. The predicted octanol–water partition coefficient (Wildman–Crippen LogP) is 4.54. The number of nitrogens with one attached hydrogen (secondary N) is 2. The van der Waals surface area contributed by atoms with Crippen LogP contribution in [-0.4, -0.2) is 24.5 Å². The van der Waals surface area contributed by atoms with Gasteiger partial charge >= 0.3 is 0 Å². The van der Waals surface area contributed by atoms with E-state index >= 15 is 0 Å². The maximum absolute atomic E-state index is 13.6. The molecule has 1 unspecified atom stereocenters. The smallest absolute Gasteiger partial charge is 0.262 e. The van der Waals surface area contributed by atoms with Crippen LogP contribution in [0.1, 0.15) is 49.9 Å². The Bertz CT molecular complexity index is 795. The van der Waals surface area contributed by atoms with Crippen molar-refractivity contribution in [2.45, 2.75) is 45.6 Å². The predicted molar refractivity (Wildman–Crippen MR) is 108 cm³/mol. The fourth-order valence-corrected chi connectivity index (χ4v) is 2.75. The number of hydrogen-bond acceptors (Lipinski definition) is 3. The van der Waals surface area contributed by atoms with Gasteiger partial charge in [0.1, 0.15) is 11.6 Å². The third-order valence-electron chi connectivity index (χ3n) is 4.26. The Morgan fingerprint density at radius 1 is 1.07 bits per heavy atom. The van der Waals surface area contributed by atoms with Crippen LogP contribution < -0.4 is 15.4 Å². The van der Waals surface area contributed by atoms with E-state index in [0.29, 0.717) is 11.3 Å². The molecule has 0 spiro atoms. The molecular weight excluding hydrogens is 359 g/mol. The highest BCUT2D eigenvalue weighted by molar-refractivity contribution is 5.97. The Kier molecular flexibility index (Phi) is 8.46. The van der Waals surface area contributed by atoms with Gasteiger partial charge in [0.05, 0.1) is 11.3 Å². The minimum atomic E-state index is -0.521. The van der Waals surface area contributed by atoms with E-state index in [1.165, 1.54) is 12.1 Å². The number of benzene rings is 2. The molecule has 2 amide bonds. The van der Waals surface area contributed by atoms with Gasteiger partial charge in [-0.3, -0.25) is 9.59 Å². The van der Waals surface area contributed by atoms with E-state index < -0.39 is 11.7 Å². The number of rotatable bonds is 10. The van der Waals surface area contributed by atoms with Crippen molar-refractivity contribution in [2.24, 2.45) is 0 Å². The summed E-state index contributed by atoms with van der Waals surface area (Å²) in [5.74, 6) is -0.959. The molecule has 0 heterocycles. The summed E-state index contributed by atoms with van der Waals surface area (Å²) in [6.45, 7) is 3.78. The summed E-state index contributed by atoms with van der Waals surface area (Å²) in [4.78, 5) is 24.6. The Balaban J connectivity index is 1.93. The normalized spacial score (nSPS) is 11.5. The highest BCUT2D eigenvalue weighted by Gasteiger charge is 2.15. The van der Waals surface area contributed by atoms with Gasteiger partial charge in [-0.2, -0.15) is 0 Å². The van der Waals surface area contributed by atoms with E-state index in [0.717, 1.165) is 25.7 Å². The maximum Gasteiger partial charge on any atom is 0.262 e. The summed E-state index contributed by atoms with van der Waals surface area (Å²) in [6, 6.07) is 12.7. The first-order chi connectivity index (χ1) is 13.5. The molecule has 2 aromatic rings. The maximum atomic E-state index is 13.6. The van der Waals surface area contributed by atoms with E-state index in [4.69, 9.17) is 4.74 Å². The lowest BCUT2D eigenvalue weighted by molar-refractivity contribution is -0.118.